The maximum absolute atomic E-state index is 12.9. The van der Waals surface area contributed by atoms with Gasteiger partial charge in [-0.05, 0) is 61.8 Å². The Morgan fingerprint density at radius 1 is 1.23 bits per heavy atom. The van der Waals surface area contributed by atoms with Crippen LogP contribution in [-0.4, -0.2) is 37.9 Å². The van der Waals surface area contributed by atoms with Crippen LogP contribution in [0, 0.1) is 23.2 Å². The van der Waals surface area contributed by atoms with E-state index in [4.69, 9.17) is 5.14 Å². The number of amides is 1. The predicted molar refractivity (Wildman–Crippen MR) is 113 cm³/mol. The molecule has 9 heteroatoms. The van der Waals surface area contributed by atoms with Crippen molar-refractivity contribution in [2.45, 2.75) is 55.5 Å². The number of sulfonamides is 1. The van der Waals surface area contributed by atoms with Gasteiger partial charge < -0.3 is 15.6 Å². The van der Waals surface area contributed by atoms with E-state index in [1.54, 1.807) is 12.1 Å². The molecule has 4 rings (SSSR count). The SMILES string of the molecule is N#CC(NC[C@H]1CCCC[C@@H]1NC(=O)c1cc2cc(S(N)(=O)=O)ccc2[nH]1)C1CC1. The summed E-state index contributed by atoms with van der Waals surface area (Å²) in [6.07, 6.45) is 6.35. The van der Waals surface area contributed by atoms with Gasteiger partial charge in [-0.1, -0.05) is 12.8 Å². The highest BCUT2D eigenvalue weighted by Crippen LogP contribution is 2.33. The zero-order valence-electron chi connectivity index (χ0n) is 16.7. The summed E-state index contributed by atoms with van der Waals surface area (Å²) in [7, 11) is -3.80. The lowest BCUT2D eigenvalue weighted by Gasteiger charge is -2.33. The van der Waals surface area contributed by atoms with E-state index >= 15 is 0 Å². The van der Waals surface area contributed by atoms with Gasteiger partial charge in [-0.3, -0.25) is 4.79 Å². The summed E-state index contributed by atoms with van der Waals surface area (Å²) in [5, 5.41) is 21.7. The van der Waals surface area contributed by atoms with E-state index in [9.17, 15) is 18.5 Å². The molecule has 160 valence electrons. The molecule has 1 heterocycles. The second-order valence-electron chi connectivity index (χ2n) is 8.45. The molecule has 1 amide bonds. The Kier molecular flexibility index (Phi) is 5.82. The number of nitrogens with zero attached hydrogens (tertiary/aromatic N) is 1. The highest BCUT2D eigenvalue weighted by atomic mass is 32.2. The number of H-pyrrole nitrogens is 1. The van der Waals surface area contributed by atoms with Crippen LogP contribution >= 0.6 is 0 Å². The molecule has 2 aliphatic carbocycles. The fourth-order valence-electron chi connectivity index (χ4n) is 4.32. The summed E-state index contributed by atoms with van der Waals surface area (Å²) in [5.74, 6) is 0.551. The minimum absolute atomic E-state index is 0.0158. The van der Waals surface area contributed by atoms with E-state index in [2.05, 4.69) is 21.7 Å². The number of primary sulfonamides is 1. The van der Waals surface area contributed by atoms with Gasteiger partial charge in [-0.15, -0.1) is 0 Å². The molecular weight excluding hydrogens is 402 g/mol. The fraction of sp³-hybridized carbons (Fsp3) is 0.524. The molecule has 2 saturated carbocycles. The van der Waals surface area contributed by atoms with E-state index < -0.39 is 10.0 Å². The molecule has 0 bridgehead atoms. The number of nitrogens with two attached hydrogens (primary N) is 1. The largest absolute Gasteiger partial charge is 0.351 e. The molecule has 5 N–H and O–H groups in total. The van der Waals surface area contributed by atoms with Gasteiger partial charge >= 0.3 is 0 Å². The Morgan fingerprint density at radius 2 is 2.00 bits per heavy atom. The van der Waals surface area contributed by atoms with Gasteiger partial charge in [0.1, 0.15) is 5.69 Å². The third-order valence-corrected chi connectivity index (χ3v) is 7.13. The molecule has 1 aromatic heterocycles. The van der Waals surface area contributed by atoms with Gasteiger partial charge in [-0.2, -0.15) is 5.26 Å². The normalized spacial score (nSPS) is 23.1. The van der Waals surface area contributed by atoms with Crippen LogP contribution in [0.3, 0.4) is 0 Å². The van der Waals surface area contributed by atoms with E-state index in [0.717, 1.165) is 45.1 Å². The van der Waals surface area contributed by atoms with Crippen molar-refractivity contribution < 1.29 is 13.2 Å². The number of rotatable bonds is 7. The molecule has 2 aromatic rings. The van der Waals surface area contributed by atoms with E-state index in [-0.39, 0.29) is 28.8 Å². The Labute approximate surface area is 176 Å². The van der Waals surface area contributed by atoms with Crippen LogP contribution in [-0.2, 0) is 10.0 Å². The second kappa shape index (κ2) is 8.38. The minimum atomic E-state index is -3.80. The summed E-state index contributed by atoms with van der Waals surface area (Å²) in [6.45, 7) is 0.726. The number of benzene rings is 1. The molecule has 1 unspecified atom stereocenters. The lowest BCUT2D eigenvalue weighted by Crippen LogP contribution is -2.47. The predicted octanol–water partition coefficient (Wildman–Crippen LogP) is 2.00. The van der Waals surface area contributed by atoms with Crippen LogP contribution in [0.4, 0.5) is 0 Å². The molecule has 8 nitrogen and oxygen atoms in total. The average Bonchev–Trinajstić information content (AvgIpc) is 3.46. The third-order valence-electron chi connectivity index (χ3n) is 6.22. The van der Waals surface area contributed by atoms with Crippen LogP contribution in [0.2, 0.25) is 0 Å². The van der Waals surface area contributed by atoms with Crippen molar-refractivity contribution >= 4 is 26.8 Å². The summed E-state index contributed by atoms with van der Waals surface area (Å²) < 4.78 is 23.1. The third kappa shape index (κ3) is 4.67. The fourth-order valence-corrected chi connectivity index (χ4v) is 4.87. The van der Waals surface area contributed by atoms with Crippen molar-refractivity contribution in [1.82, 2.24) is 15.6 Å². The molecule has 30 heavy (non-hydrogen) atoms. The molecule has 2 fully saturated rings. The van der Waals surface area contributed by atoms with Crippen molar-refractivity contribution in [3.63, 3.8) is 0 Å². The first kappa shape index (κ1) is 20.8. The van der Waals surface area contributed by atoms with E-state index in [0.29, 0.717) is 22.5 Å². The van der Waals surface area contributed by atoms with Gasteiger partial charge in [0, 0.05) is 23.5 Å². The number of nitrogens with one attached hydrogen (secondary N) is 3. The number of carbonyl (C=O) groups excluding carboxylic acids is 1. The quantitative estimate of drug-likeness (QED) is 0.533. The molecule has 1 aromatic carbocycles. The van der Waals surface area contributed by atoms with Gasteiger partial charge in [-0.25, -0.2) is 13.6 Å². The molecule has 0 spiro atoms. The van der Waals surface area contributed by atoms with Crippen molar-refractivity contribution in [1.29, 1.82) is 5.26 Å². The first-order chi connectivity index (χ1) is 14.3. The molecule has 2 aliphatic rings. The van der Waals surface area contributed by atoms with Crippen LogP contribution < -0.4 is 15.8 Å². The lowest BCUT2D eigenvalue weighted by molar-refractivity contribution is 0.0900. The summed E-state index contributed by atoms with van der Waals surface area (Å²) in [4.78, 5) is 15.9. The number of aromatic nitrogens is 1. The maximum atomic E-state index is 12.9. The summed E-state index contributed by atoms with van der Waals surface area (Å²) in [5.41, 5.74) is 1.07. The van der Waals surface area contributed by atoms with Crippen LogP contribution in [0.1, 0.15) is 49.0 Å². The number of aromatic amines is 1. The topological polar surface area (TPSA) is 141 Å². The summed E-state index contributed by atoms with van der Waals surface area (Å²) in [6, 6.07) is 8.45. The Balaban J connectivity index is 1.44. The van der Waals surface area contributed by atoms with Crippen LogP contribution in [0.15, 0.2) is 29.2 Å². The monoisotopic (exact) mass is 429 g/mol. The molecule has 0 saturated heterocycles. The number of fused-ring (bicyclic) bond motifs is 1. The first-order valence-electron chi connectivity index (χ1n) is 10.4. The Bertz CT molecular complexity index is 1080. The minimum Gasteiger partial charge on any atom is -0.351 e. The zero-order chi connectivity index (χ0) is 21.3. The number of nitriles is 1. The summed E-state index contributed by atoms with van der Waals surface area (Å²) >= 11 is 0. The molecular formula is C21H27N5O3S. The van der Waals surface area contributed by atoms with Gasteiger partial charge in [0.2, 0.25) is 10.0 Å². The standard InChI is InChI=1S/C21H27N5O3S/c22-11-20(13-5-6-13)24-12-14-3-1-2-4-17(14)26-21(27)19-10-15-9-16(30(23,28)29)7-8-18(15)25-19/h7-10,13-14,17,20,24-25H,1-6,12H2,(H,26,27)(H2,23,28,29)/t14-,17+,20?/m1/s1. The van der Waals surface area contributed by atoms with Crippen LogP contribution in [0.25, 0.3) is 10.9 Å². The number of hydrogen-bond acceptors (Lipinski definition) is 5. The zero-order valence-corrected chi connectivity index (χ0v) is 17.5. The smallest absolute Gasteiger partial charge is 0.267 e. The second-order valence-corrected chi connectivity index (χ2v) is 10.0. The molecule has 0 aliphatic heterocycles. The maximum Gasteiger partial charge on any atom is 0.267 e. The lowest BCUT2D eigenvalue weighted by atomic mass is 9.84. The molecule has 0 radical (unpaired) electrons. The van der Waals surface area contributed by atoms with Crippen molar-refractivity contribution in [3.8, 4) is 6.07 Å². The average molecular weight is 430 g/mol. The van der Waals surface area contributed by atoms with Gasteiger partial charge in [0.15, 0.2) is 0 Å². The highest BCUT2D eigenvalue weighted by molar-refractivity contribution is 7.89. The number of hydrogen-bond donors (Lipinski definition) is 4. The Hall–Kier alpha value is -2.41. The molecule has 3 atom stereocenters. The van der Waals surface area contributed by atoms with Crippen molar-refractivity contribution in [2.24, 2.45) is 17.0 Å². The van der Waals surface area contributed by atoms with Gasteiger partial charge in [0.05, 0.1) is 17.0 Å². The number of carbonyl (C=O) groups is 1. The van der Waals surface area contributed by atoms with E-state index in [1.807, 2.05) is 0 Å². The Morgan fingerprint density at radius 3 is 2.70 bits per heavy atom. The first-order valence-corrected chi connectivity index (χ1v) is 12.0. The highest BCUT2D eigenvalue weighted by Gasteiger charge is 2.33. The van der Waals surface area contributed by atoms with Gasteiger partial charge in [0.25, 0.3) is 5.91 Å². The van der Waals surface area contributed by atoms with Crippen molar-refractivity contribution in [3.05, 3.63) is 30.0 Å². The van der Waals surface area contributed by atoms with Crippen molar-refractivity contribution in [2.75, 3.05) is 6.54 Å². The van der Waals surface area contributed by atoms with Crippen LogP contribution in [0.5, 0.6) is 0 Å². The van der Waals surface area contributed by atoms with E-state index in [1.165, 1.54) is 12.1 Å².